The fourth-order valence-electron chi connectivity index (χ4n) is 1.57. The Morgan fingerprint density at radius 3 is 2.89 bits per heavy atom. The zero-order valence-corrected chi connectivity index (χ0v) is 9.53. The molecule has 3 N–H and O–H groups in total. The predicted octanol–water partition coefficient (Wildman–Crippen LogP) is 1.18. The van der Waals surface area contributed by atoms with E-state index in [1.807, 2.05) is 0 Å². The molecular weight excluding hydrogens is 238 g/mol. The highest BCUT2D eigenvalue weighted by atomic mass is 16.4. The molecule has 2 aromatic heterocycles. The predicted molar refractivity (Wildman–Crippen MR) is 62.1 cm³/mol. The third kappa shape index (κ3) is 1.75. The molecule has 0 bridgehead atoms. The average molecular weight is 249 g/mol. The summed E-state index contributed by atoms with van der Waals surface area (Å²) in [6.07, 6.45) is 1.96. The van der Waals surface area contributed by atoms with Crippen molar-refractivity contribution >= 4 is 18.1 Å². The summed E-state index contributed by atoms with van der Waals surface area (Å²) in [5.74, 6) is -0.723. The third-order valence-electron chi connectivity index (χ3n) is 2.58. The lowest BCUT2D eigenvalue weighted by atomic mass is 10.2. The maximum Gasteiger partial charge on any atom is 0.328 e. The number of carboxylic acids is 1. The Balaban J connectivity index is 2.59. The monoisotopic (exact) mass is 249 g/mol. The van der Waals surface area contributed by atoms with E-state index < -0.39 is 12.0 Å². The Labute approximate surface area is 102 Å². The number of carboxylic acid groups (broad SMARTS) is 1. The maximum absolute atomic E-state index is 11.0. The first-order valence-electron chi connectivity index (χ1n) is 5.16. The van der Waals surface area contributed by atoms with Gasteiger partial charge in [-0.05, 0) is 19.1 Å². The normalized spacial score (nSPS) is 12.3. The molecule has 0 amide bonds. The summed E-state index contributed by atoms with van der Waals surface area (Å²) in [5, 5.41) is 13.0. The standard InChI is InChI=1S/C11H11N3O4/c1-6(11(16)17)14-10(12)7(5-15)9(13-14)8-3-2-4-18-8/h2-6H,12H2,1H3,(H,16,17). The molecule has 2 heterocycles. The lowest BCUT2D eigenvalue weighted by Crippen LogP contribution is -2.18. The summed E-state index contributed by atoms with van der Waals surface area (Å²) >= 11 is 0. The number of aliphatic carboxylic acids is 1. The molecule has 0 aliphatic carbocycles. The van der Waals surface area contributed by atoms with Crippen LogP contribution in [0, 0.1) is 0 Å². The number of hydrogen-bond donors (Lipinski definition) is 2. The second-order valence-electron chi connectivity index (χ2n) is 3.70. The summed E-state index contributed by atoms with van der Waals surface area (Å²) < 4.78 is 6.22. The second kappa shape index (κ2) is 4.36. The van der Waals surface area contributed by atoms with Crippen molar-refractivity contribution in [3.8, 4) is 11.5 Å². The van der Waals surface area contributed by atoms with Crippen LogP contribution in [0.1, 0.15) is 23.3 Å². The first-order chi connectivity index (χ1) is 8.56. The number of rotatable bonds is 4. The van der Waals surface area contributed by atoms with Gasteiger partial charge in [0, 0.05) is 0 Å². The summed E-state index contributed by atoms with van der Waals surface area (Å²) in [4.78, 5) is 21.9. The van der Waals surface area contributed by atoms with Gasteiger partial charge >= 0.3 is 5.97 Å². The highest BCUT2D eigenvalue weighted by Gasteiger charge is 2.24. The first-order valence-corrected chi connectivity index (χ1v) is 5.16. The van der Waals surface area contributed by atoms with Crippen LogP contribution in [0.5, 0.6) is 0 Å². The van der Waals surface area contributed by atoms with E-state index in [4.69, 9.17) is 15.3 Å². The largest absolute Gasteiger partial charge is 0.480 e. The van der Waals surface area contributed by atoms with Crippen LogP contribution < -0.4 is 5.73 Å². The van der Waals surface area contributed by atoms with Crippen molar-refractivity contribution in [2.45, 2.75) is 13.0 Å². The van der Waals surface area contributed by atoms with Crippen molar-refractivity contribution in [2.24, 2.45) is 0 Å². The van der Waals surface area contributed by atoms with Gasteiger partial charge in [0.15, 0.2) is 12.0 Å². The SMILES string of the molecule is CC(C(=O)O)n1nc(-c2ccco2)c(C=O)c1N. The van der Waals surface area contributed by atoms with Gasteiger partial charge in [0.2, 0.25) is 0 Å². The maximum atomic E-state index is 11.0. The Hall–Kier alpha value is -2.57. The minimum atomic E-state index is -1.09. The lowest BCUT2D eigenvalue weighted by Gasteiger charge is -2.07. The van der Waals surface area contributed by atoms with Gasteiger partial charge in [0.1, 0.15) is 17.6 Å². The van der Waals surface area contributed by atoms with Crippen molar-refractivity contribution in [2.75, 3.05) is 5.73 Å². The van der Waals surface area contributed by atoms with E-state index in [9.17, 15) is 9.59 Å². The van der Waals surface area contributed by atoms with Gasteiger partial charge in [-0.1, -0.05) is 0 Å². The van der Waals surface area contributed by atoms with Crippen LogP contribution in [0.3, 0.4) is 0 Å². The van der Waals surface area contributed by atoms with Gasteiger partial charge in [-0.25, -0.2) is 9.48 Å². The molecule has 0 radical (unpaired) electrons. The molecule has 1 unspecified atom stereocenters. The molecule has 18 heavy (non-hydrogen) atoms. The number of aromatic nitrogens is 2. The number of nitrogens with zero attached hydrogens (tertiary/aromatic N) is 2. The van der Waals surface area contributed by atoms with Crippen molar-refractivity contribution < 1.29 is 19.1 Å². The van der Waals surface area contributed by atoms with Crippen LogP contribution in [-0.4, -0.2) is 27.1 Å². The van der Waals surface area contributed by atoms with Gasteiger partial charge in [0.05, 0.1) is 11.8 Å². The number of aldehydes is 1. The molecule has 0 aliphatic rings. The summed E-state index contributed by atoms with van der Waals surface area (Å²) in [5.41, 5.74) is 6.08. The smallest absolute Gasteiger partial charge is 0.328 e. The average Bonchev–Trinajstić information content (AvgIpc) is 2.94. The van der Waals surface area contributed by atoms with Crippen LogP contribution >= 0.6 is 0 Å². The Morgan fingerprint density at radius 2 is 2.39 bits per heavy atom. The Kier molecular flexibility index (Phi) is 2.88. The molecule has 0 fully saturated rings. The number of hydrogen-bond acceptors (Lipinski definition) is 5. The van der Waals surface area contributed by atoms with E-state index in [-0.39, 0.29) is 17.1 Å². The van der Waals surface area contributed by atoms with Gasteiger partial charge in [0.25, 0.3) is 0 Å². The van der Waals surface area contributed by atoms with Crippen LogP contribution in [0.2, 0.25) is 0 Å². The number of carbonyl (C=O) groups is 2. The zero-order chi connectivity index (χ0) is 13.3. The number of furan rings is 1. The van der Waals surface area contributed by atoms with Crippen LogP contribution in [0.4, 0.5) is 5.82 Å². The van der Waals surface area contributed by atoms with Gasteiger partial charge in [-0.15, -0.1) is 0 Å². The van der Waals surface area contributed by atoms with E-state index >= 15 is 0 Å². The molecule has 2 aromatic rings. The molecule has 94 valence electrons. The highest BCUT2D eigenvalue weighted by Crippen LogP contribution is 2.28. The molecule has 1 atom stereocenters. The third-order valence-corrected chi connectivity index (χ3v) is 2.58. The summed E-state index contributed by atoms with van der Waals surface area (Å²) in [6.45, 7) is 1.42. The van der Waals surface area contributed by atoms with Crippen molar-refractivity contribution in [1.29, 1.82) is 0 Å². The van der Waals surface area contributed by atoms with Crippen molar-refractivity contribution in [1.82, 2.24) is 9.78 Å². The molecule has 0 saturated heterocycles. The van der Waals surface area contributed by atoms with E-state index in [1.165, 1.54) is 13.2 Å². The first kappa shape index (κ1) is 11.9. The van der Waals surface area contributed by atoms with E-state index in [1.54, 1.807) is 12.1 Å². The molecule has 7 nitrogen and oxygen atoms in total. The van der Waals surface area contributed by atoms with Crippen molar-refractivity contribution in [3.05, 3.63) is 24.0 Å². The molecule has 0 aromatic carbocycles. The molecule has 0 spiro atoms. The topological polar surface area (TPSA) is 111 Å². The molecule has 2 rings (SSSR count). The Bertz CT molecular complexity index is 586. The zero-order valence-electron chi connectivity index (χ0n) is 9.53. The molecular formula is C11H11N3O4. The lowest BCUT2D eigenvalue weighted by molar-refractivity contribution is -0.140. The van der Waals surface area contributed by atoms with E-state index in [2.05, 4.69) is 5.10 Å². The minimum absolute atomic E-state index is 0.00583. The van der Waals surface area contributed by atoms with Crippen LogP contribution in [0.25, 0.3) is 11.5 Å². The minimum Gasteiger partial charge on any atom is -0.480 e. The number of nitrogens with two attached hydrogens (primary N) is 1. The van der Waals surface area contributed by atoms with Crippen molar-refractivity contribution in [3.63, 3.8) is 0 Å². The van der Waals surface area contributed by atoms with Gasteiger partial charge in [-0.3, -0.25) is 4.79 Å². The molecule has 7 heteroatoms. The Morgan fingerprint density at radius 1 is 1.67 bits per heavy atom. The summed E-state index contributed by atoms with van der Waals surface area (Å²) in [6, 6.07) is 2.29. The van der Waals surface area contributed by atoms with Gasteiger partial charge < -0.3 is 15.3 Å². The van der Waals surface area contributed by atoms with E-state index in [0.717, 1.165) is 4.68 Å². The number of nitrogen functional groups attached to an aromatic ring is 1. The van der Waals surface area contributed by atoms with E-state index in [0.29, 0.717) is 12.0 Å². The van der Waals surface area contributed by atoms with Crippen LogP contribution in [0.15, 0.2) is 22.8 Å². The fourth-order valence-corrected chi connectivity index (χ4v) is 1.57. The number of carbonyl (C=O) groups excluding carboxylic acids is 1. The summed E-state index contributed by atoms with van der Waals surface area (Å²) in [7, 11) is 0. The quantitative estimate of drug-likeness (QED) is 0.787. The fraction of sp³-hybridized carbons (Fsp3) is 0.182. The van der Waals surface area contributed by atoms with Gasteiger partial charge in [-0.2, -0.15) is 5.10 Å². The van der Waals surface area contributed by atoms with Crippen LogP contribution in [-0.2, 0) is 4.79 Å². The number of anilines is 1. The molecule has 0 aliphatic heterocycles. The second-order valence-corrected chi connectivity index (χ2v) is 3.70. The molecule has 0 saturated carbocycles. The highest BCUT2D eigenvalue weighted by molar-refractivity contribution is 5.91.